The fourth-order valence-electron chi connectivity index (χ4n) is 3.24. The second-order valence-corrected chi connectivity index (χ2v) is 8.71. The van der Waals surface area contributed by atoms with E-state index in [0.717, 1.165) is 0 Å². The van der Waals surface area contributed by atoms with Crippen LogP contribution in [0, 0.1) is 5.82 Å². The van der Waals surface area contributed by atoms with Crippen molar-refractivity contribution in [3.05, 3.63) is 60.4 Å². The molecule has 1 amide bonds. The fourth-order valence-corrected chi connectivity index (χ4v) is 4.56. The van der Waals surface area contributed by atoms with Crippen LogP contribution in [0.4, 0.5) is 4.39 Å². The lowest BCUT2D eigenvalue weighted by Gasteiger charge is -2.32. The second kappa shape index (κ2) is 9.84. The monoisotopic (exact) mass is 420 g/mol. The number of piperidine rings is 1. The molecule has 1 aliphatic rings. The molecule has 0 bridgehead atoms. The number of carbonyl (C=O) groups is 1. The molecule has 0 aromatic heterocycles. The number of amides is 1. The number of nitrogens with one attached hydrogen (secondary N) is 1. The molecule has 2 aromatic carbocycles. The van der Waals surface area contributed by atoms with Gasteiger partial charge in [0.2, 0.25) is 15.9 Å². The van der Waals surface area contributed by atoms with Crippen molar-refractivity contribution in [1.29, 1.82) is 0 Å². The maximum atomic E-state index is 12.8. The summed E-state index contributed by atoms with van der Waals surface area (Å²) < 4.78 is 45.9. The Labute approximate surface area is 170 Å². The molecule has 0 spiro atoms. The van der Waals surface area contributed by atoms with Gasteiger partial charge in [0, 0.05) is 25.6 Å². The summed E-state index contributed by atoms with van der Waals surface area (Å²) in [6, 6.07) is 13.9. The SMILES string of the molecule is O=C(CCCOc1ccc(F)cc1)N1CCC(NS(=O)(=O)c2ccccc2)CC1. The van der Waals surface area contributed by atoms with E-state index in [1.807, 2.05) is 0 Å². The zero-order chi connectivity index (χ0) is 20.7. The van der Waals surface area contributed by atoms with Gasteiger partial charge in [0.15, 0.2) is 0 Å². The molecule has 1 saturated heterocycles. The summed E-state index contributed by atoms with van der Waals surface area (Å²) in [6.45, 7) is 1.43. The standard InChI is InChI=1S/C21H25FN2O4S/c22-17-8-10-19(11-9-17)28-16-4-7-21(25)24-14-12-18(13-15-24)23-29(26,27)20-5-2-1-3-6-20/h1-3,5-6,8-11,18,23H,4,7,12-16H2. The third-order valence-electron chi connectivity index (χ3n) is 4.84. The third kappa shape index (κ3) is 6.27. The molecule has 3 rings (SSSR count). The first-order valence-electron chi connectivity index (χ1n) is 9.67. The maximum absolute atomic E-state index is 12.8. The van der Waals surface area contributed by atoms with Crippen LogP contribution in [0.15, 0.2) is 59.5 Å². The lowest BCUT2D eigenvalue weighted by molar-refractivity contribution is -0.132. The maximum Gasteiger partial charge on any atom is 0.240 e. The molecule has 1 aliphatic heterocycles. The van der Waals surface area contributed by atoms with Crippen LogP contribution in [-0.2, 0) is 14.8 Å². The Morgan fingerprint density at radius 3 is 2.38 bits per heavy atom. The molecule has 0 saturated carbocycles. The number of halogens is 1. The molecule has 6 nitrogen and oxygen atoms in total. The minimum atomic E-state index is -3.54. The van der Waals surface area contributed by atoms with Crippen molar-refractivity contribution >= 4 is 15.9 Å². The highest BCUT2D eigenvalue weighted by Gasteiger charge is 2.26. The van der Waals surface area contributed by atoms with Crippen LogP contribution >= 0.6 is 0 Å². The summed E-state index contributed by atoms with van der Waals surface area (Å²) in [5, 5.41) is 0. The van der Waals surface area contributed by atoms with Crippen molar-refractivity contribution < 1.29 is 22.3 Å². The van der Waals surface area contributed by atoms with Crippen LogP contribution in [0.3, 0.4) is 0 Å². The predicted molar refractivity (Wildman–Crippen MR) is 107 cm³/mol. The zero-order valence-electron chi connectivity index (χ0n) is 16.1. The van der Waals surface area contributed by atoms with Crippen LogP contribution in [0.5, 0.6) is 5.75 Å². The average Bonchev–Trinajstić information content (AvgIpc) is 2.73. The lowest BCUT2D eigenvalue weighted by Crippen LogP contribution is -2.46. The molecular formula is C21H25FN2O4S. The third-order valence-corrected chi connectivity index (χ3v) is 6.38. The Hall–Kier alpha value is -2.45. The Morgan fingerprint density at radius 2 is 1.72 bits per heavy atom. The summed E-state index contributed by atoms with van der Waals surface area (Å²) >= 11 is 0. The van der Waals surface area contributed by atoms with E-state index in [2.05, 4.69) is 4.72 Å². The Kier molecular flexibility index (Phi) is 7.22. The number of ether oxygens (including phenoxy) is 1. The first-order chi connectivity index (χ1) is 13.9. The van der Waals surface area contributed by atoms with Gasteiger partial charge in [-0.05, 0) is 55.7 Å². The van der Waals surface area contributed by atoms with Gasteiger partial charge in [0.25, 0.3) is 0 Å². The average molecular weight is 421 g/mol. The Bertz CT molecular complexity index is 896. The largest absolute Gasteiger partial charge is 0.494 e. The number of likely N-dealkylation sites (tertiary alicyclic amines) is 1. The van der Waals surface area contributed by atoms with Gasteiger partial charge in [-0.2, -0.15) is 0 Å². The second-order valence-electron chi connectivity index (χ2n) is 7.00. The van der Waals surface area contributed by atoms with E-state index in [1.54, 1.807) is 47.4 Å². The van der Waals surface area contributed by atoms with E-state index in [4.69, 9.17) is 4.74 Å². The minimum Gasteiger partial charge on any atom is -0.494 e. The molecule has 1 N–H and O–H groups in total. The lowest BCUT2D eigenvalue weighted by atomic mass is 10.1. The number of hydrogen-bond donors (Lipinski definition) is 1. The number of benzene rings is 2. The zero-order valence-corrected chi connectivity index (χ0v) is 16.9. The van der Waals surface area contributed by atoms with Crippen LogP contribution in [0.1, 0.15) is 25.7 Å². The van der Waals surface area contributed by atoms with Gasteiger partial charge in [0.05, 0.1) is 11.5 Å². The molecule has 156 valence electrons. The van der Waals surface area contributed by atoms with E-state index in [1.165, 1.54) is 12.1 Å². The summed E-state index contributed by atoms with van der Waals surface area (Å²) in [7, 11) is -3.54. The normalized spacial score (nSPS) is 15.3. The quantitative estimate of drug-likeness (QED) is 0.667. The number of sulfonamides is 1. The molecule has 29 heavy (non-hydrogen) atoms. The molecule has 0 unspecified atom stereocenters. The van der Waals surface area contributed by atoms with Crippen molar-refractivity contribution in [2.24, 2.45) is 0 Å². The summed E-state index contributed by atoms with van der Waals surface area (Å²) in [6.07, 6.45) is 2.10. The Morgan fingerprint density at radius 1 is 1.07 bits per heavy atom. The molecular weight excluding hydrogens is 395 g/mol. The molecule has 0 radical (unpaired) electrons. The van der Waals surface area contributed by atoms with Gasteiger partial charge in [-0.15, -0.1) is 0 Å². The minimum absolute atomic E-state index is 0.0390. The highest BCUT2D eigenvalue weighted by molar-refractivity contribution is 7.89. The summed E-state index contributed by atoms with van der Waals surface area (Å²) in [5.74, 6) is 0.296. The topological polar surface area (TPSA) is 75.7 Å². The van der Waals surface area contributed by atoms with Gasteiger partial charge in [-0.25, -0.2) is 17.5 Å². The number of nitrogens with zero attached hydrogens (tertiary/aromatic N) is 1. The summed E-state index contributed by atoms with van der Waals surface area (Å²) in [4.78, 5) is 14.4. The van der Waals surface area contributed by atoms with E-state index in [0.29, 0.717) is 51.1 Å². The van der Waals surface area contributed by atoms with E-state index in [-0.39, 0.29) is 22.7 Å². The van der Waals surface area contributed by atoms with Gasteiger partial charge in [-0.3, -0.25) is 4.79 Å². The fraction of sp³-hybridized carbons (Fsp3) is 0.381. The molecule has 0 aliphatic carbocycles. The number of rotatable bonds is 8. The number of carbonyl (C=O) groups excluding carboxylic acids is 1. The van der Waals surface area contributed by atoms with Crippen LogP contribution in [-0.4, -0.2) is 45.0 Å². The van der Waals surface area contributed by atoms with Crippen molar-refractivity contribution in [1.82, 2.24) is 9.62 Å². The smallest absolute Gasteiger partial charge is 0.240 e. The molecule has 1 heterocycles. The predicted octanol–water partition coefficient (Wildman–Crippen LogP) is 2.95. The van der Waals surface area contributed by atoms with Crippen molar-refractivity contribution in [2.75, 3.05) is 19.7 Å². The molecule has 1 fully saturated rings. The van der Waals surface area contributed by atoms with E-state index < -0.39 is 10.0 Å². The molecule has 0 atom stereocenters. The van der Waals surface area contributed by atoms with Gasteiger partial charge < -0.3 is 9.64 Å². The van der Waals surface area contributed by atoms with E-state index >= 15 is 0 Å². The van der Waals surface area contributed by atoms with Crippen molar-refractivity contribution in [3.8, 4) is 5.75 Å². The summed E-state index contributed by atoms with van der Waals surface area (Å²) in [5.41, 5.74) is 0. The highest BCUT2D eigenvalue weighted by Crippen LogP contribution is 2.16. The van der Waals surface area contributed by atoms with Gasteiger partial charge in [0.1, 0.15) is 11.6 Å². The molecule has 2 aromatic rings. The van der Waals surface area contributed by atoms with Crippen LogP contribution in [0.2, 0.25) is 0 Å². The Balaban J connectivity index is 1.37. The van der Waals surface area contributed by atoms with Crippen LogP contribution in [0.25, 0.3) is 0 Å². The van der Waals surface area contributed by atoms with Crippen molar-refractivity contribution in [3.63, 3.8) is 0 Å². The van der Waals surface area contributed by atoms with Gasteiger partial charge in [-0.1, -0.05) is 18.2 Å². The first-order valence-corrected chi connectivity index (χ1v) is 11.2. The van der Waals surface area contributed by atoms with Crippen molar-refractivity contribution in [2.45, 2.75) is 36.6 Å². The van der Waals surface area contributed by atoms with Gasteiger partial charge >= 0.3 is 0 Å². The highest BCUT2D eigenvalue weighted by atomic mass is 32.2. The molecule has 8 heteroatoms. The first kappa shape index (κ1) is 21.3. The van der Waals surface area contributed by atoms with E-state index in [9.17, 15) is 17.6 Å². The number of hydrogen-bond acceptors (Lipinski definition) is 4. The van der Waals surface area contributed by atoms with Crippen LogP contribution < -0.4 is 9.46 Å².